The Bertz CT molecular complexity index is 977. The van der Waals surface area contributed by atoms with Crippen LogP contribution < -0.4 is 10.9 Å². The fourth-order valence-corrected chi connectivity index (χ4v) is 4.15. The third-order valence-corrected chi connectivity index (χ3v) is 5.67. The van der Waals surface area contributed by atoms with Gasteiger partial charge in [-0.1, -0.05) is 24.3 Å². The van der Waals surface area contributed by atoms with Gasteiger partial charge in [-0.15, -0.1) is 11.3 Å². The molecule has 7 heteroatoms. The van der Waals surface area contributed by atoms with Crippen molar-refractivity contribution in [1.29, 1.82) is 0 Å². The first-order chi connectivity index (χ1) is 13.2. The summed E-state index contributed by atoms with van der Waals surface area (Å²) in [5.74, 6) is -0.413. The van der Waals surface area contributed by atoms with Crippen LogP contribution in [0.15, 0.2) is 57.1 Å². The van der Waals surface area contributed by atoms with E-state index in [2.05, 4.69) is 16.3 Å². The quantitative estimate of drug-likeness (QED) is 0.685. The van der Waals surface area contributed by atoms with Crippen LogP contribution in [0.5, 0.6) is 0 Å². The molecule has 1 fully saturated rings. The predicted octanol–water partition coefficient (Wildman–Crippen LogP) is 2.66. The zero-order valence-electron chi connectivity index (χ0n) is 14.7. The van der Waals surface area contributed by atoms with Crippen molar-refractivity contribution in [3.8, 4) is 0 Å². The second-order valence-electron chi connectivity index (χ2n) is 6.37. The fourth-order valence-electron chi connectivity index (χ4n) is 3.28. The Balaban J connectivity index is 1.53. The van der Waals surface area contributed by atoms with Crippen LogP contribution in [0.3, 0.4) is 0 Å². The molecule has 1 amide bonds. The standard InChI is InChI=1S/C20H20N2O4S/c23-19(15-12-14-4-1-2-5-17(14)26-20(15)24)21-13-16(18-6-3-11-27-18)22-7-9-25-10-8-22/h1-6,11-12,16H,7-10,13H2,(H,21,23). The summed E-state index contributed by atoms with van der Waals surface area (Å²) < 4.78 is 10.7. The van der Waals surface area contributed by atoms with Crippen LogP contribution in [0.4, 0.5) is 0 Å². The van der Waals surface area contributed by atoms with E-state index in [1.807, 2.05) is 23.6 Å². The molecule has 3 aromatic rings. The molecular formula is C20H20N2O4S. The Hall–Kier alpha value is -2.48. The molecule has 1 atom stereocenters. The first-order valence-corrected chi connectivity index (χ1v) is 9.76. The molecule has 2 aromatic heterocycles. The summed E-state index contributed by atoms with van der Waals surface area (Å²) in [5, 5.41) is 5.67. The second kappa shape index (κ2) is 8.04. The highest BCUT2D eigenvalue weighted by Crippen LogP contribution is 2.25. The molecule has 3 heterocycles. The Kier molecular flexibility index (Phi) is 5.33. The second-order valence-corrected chi connectivity index (χ2v) is 7.35. The van der Waals surface area contributed by atoms with Crippen LogP contribution in [0.25, 0.3) is 11.0 Å². The number of nitrogens with one attached hydrogen (secondary N) is 1. The third kappa shape index (κ3) is 3.95. The van der Waals surface area contributed by atoms with Crippen molar-refractivity contribution in [2.24, 2.45) is 0 Å². The molecule has 1 aliphatic heterocycles. The van der Waals surface area contributed by atoms with Gasteiger partial charge in [0.25, 0.3) is 5.91 Å². The number of hydrogen-bond acceptors (Lipinski definition) is 6. The van der Waals surface area contributed by atoms with Gasteiger partial charge in [-0.05, 0) is 23.6 Å². The topological polar surface area (TPSA) is 71.8 Å². The molecule has 6 nitrogen and oxygen atoms in total. The lowest BCUT2D eigenvalue weighted by atomic mass is 10.1. The minimum Gasteiger partial charge on any atom is -0.422 e. The van der Waals surface area contributed by atoms with Crippen LogP contribution in [-0.4, -0.2) is 43.7 Å². The van der Waals surface area contributed by atoms with Crippen molar-refractivity contribution in [3.63, 3.8) is 0 Å². The first-order valence-electron chi connectivity index (χ1n) is 8.88. The SMILES string of the molecule is O=C(NCC(c1cccs1)N1CCOCC1)c1cc2ccccc2oc1=O. The van der Waals surface area contributed by atoms with Crippen LogP contribution in [0.1, 0.15) is 21.3 Å². The minimum atomic E-state index is -0.620. The van der Waals surface area contributed by atoms with Gasteiger partial charge < -0.3 is 14.5 Å². The largest absolute Gasteiger partial charge is 0.422 e. The lowest BCUT2D eigenvalue weighted by molar-refractivity contribution is 0.0169. The highest BCUT2D eigenvalue weighted by atomic mass is 32.1. The van der Waals surface area contributed by atoms with E-state index in [1.165, 1.54) is 4.88 Å². The van der Waals surface area contributed by atoms with Gasteiger partial charge >= 0.3 is 5.63 Å². The van der Waals surface area contributed by atoms with Gasteiger partial charge in [0, 0.05) is 29.9 Å². The van der Waals surface area contributed by atoms with Crippen LogP contribution in [0, 0.1) is 0 Å². The molecule has 1 aromatic carbocycles. The summed E-state index contributed by atoms with van der Waals surface area (Å²) in [6.07, 6.45) is 0. The van der Waals surface area contributed by atoms with Crippen molar-refractivity contribution >= 4 is 28.2 Å². The van der Waals surface area contributed by atoms with Gasteiger partial charge in [-0.25, -0.2) is 4.79 Å². The van der Waals surface area contributed by atoms with Crippen LogP contribution >= 0.6 is 11.3 Å². The molecule has 4 rings (SSSR count). The molecule has 0 spiro atoms. The van der Waals surface area contributed by atoms with Gasteiger partial charge in [-0.3, -0.25) is 9.69 Å². The van der Waals surface area contributed by atoms with Crippen molar-refractivity contribution in [2.75, 3.05) is 32.8 Å². The van der Waals surface area contributed by atoms with E-state index in [0.29, 0.717) is 25.3 Å². The van der Waals surface area contributed by atoms with E-state index in [0.717, 1.165) is 18.5 Å². The summed E-state index contributed by atoms with van der Waals surface area (Å²) >= 11 is 1.66. The lowest BCUT2D eigenvalue weighted by Crippen LogP contribution is -2.44. The van der Waals surface area contributed by atoms with Gasteiger partial charge in [0.15, 0.2) is 0 Å². The van der Waals surface area contributed by atoms with E-state index in [4.69, 9.17) is 9.15 Å². The summed E-state index contributed by atoms with van der Waals surface area (Å²) in [5.41, 5.74) is -0.116. The number of carbonyl (C=O) groups excluding carboxylic acids is 1. The summed E-state index contributed by atoms with van der Waals surface area (Å²) in [4.78, 5) is 28.3. The average molecular weight is 384 g/mol. The van der Waals surface area contributed by atoms with Crippen molar-refractivity contribution < 1.29 is 13.9 Å². The molecule has 27 heavy (non-hydrogen) atoms. The number of nitrogens with zero attached hydrogens (tertiary/aromatic N) is 1. The third-order valence-electron chi connectivity index (χ3n) is 4.70. The minimum absolute atomic E-state index is 0.0283. The number of hydrogen-bond donors (Lipinski definition) is 1. The molecule has 0 saturated carbocycles. The molecule has 1 N–H and O–H groups in total. The summed E-state index contributed by atoms with van der Waals surface area (Å²) in [6.45, 7) is 3.42. The van der Waals surface area contributed by atoms with E-state index in [-0.39, 0.29) is 11.6 Å². The van der Waals surface area contributed by atoms with Gasteiger partial charge in [0.05, 0.1) is 19.3 Å². The van der Waals surface area contributed by atoms with Crippen LogP contribution in [-0.2, 0) is 4.74 Å². The van der Waals surface area contributed by atoms with Crippen molar-refractivity contribution in [1.82, 2.24) is 10.2 Å². The number of amides is 1. The Morgan fingerprint density at radius 1 is 1.19 bits per heavy atom. The van der Waals surface area contributed by atoms with Gasteiger partial charge in [0.2, 0.25) is 0 Å². The maximum absolute atomic E-state index is 12.7. The van der Waals surface area contributed by atoms with E-state index < -0.39 is 11.5 Å². The number of benzene rings is 1. The molecule has 1 unspecified atom stereocenters. The van der Waals surface area contributed by atoms with Crippen LogP contribution in [0.2, 0.25) is 0 Å². The normalized spacial score (nSPS) is 16.3. The highest BCUT2D eigenvalue weighted by molar-refractivity contribution is 7.10. The van der Waals surface area contributed by atoms with E-state index >= 15 is 0 Å². The molecule has 0 radical (unpaired) electrons. The molecule has 1 aliphatic rings. The molecule has 140 valence electrons. The monoisotopic (exact) mass is 384 g/mol. The number of ether oxygens (including phenoxy) is 1. The molecule has 0 aliphatic carbocycles. The molecular weight excluding hydrogens is 364 g/mol. The van der Waals surface area contributed by atoms with E-state index in [9.17, 15) is 9.59 Å². The molecule has 0 bridgehead atoms. The maximum atomic E-state index is 12.7. The maximum Gasteiger partial charge on any atom is 0.349 e. The van der Waals surface area contributed by atoms with Gasteiger partial charge in [-0.2, -0.15) is 0 Å². The highest BCUT2D eigenvalue weighted by Gasteiger charge is 2.24. The van der Waals surface area contributed by atoms with E-state index in [1.54, 1.807) is 29.5 Å². The number of para-hydroxylation sites is 1. The van der Waals surface area contributed by atoms with Crippen molar-refractivity contribution in [2.45, 2.75) is 6.04 Å². The molecule has 1 saturated heterocycles. The average Bonchev–Trinajstić information content (AvgIpc) is 3.23. The number of morpholine rings is 1. The number of carbonyl (C=O) groups is 1. The lowest BCUT2D eigenvalue weighted by Gasteiger charge is -2.34. The van der Waals surface area contributed by atoms with Crippen molar-refractivity contribution in [3.05, 3.63) is 68.7 Å². The number of thiophene rings is 1. The zero-order valence-corrected chi connectivity index (χ0v) is 15.5. The fraction of sp³-hybridized carbons (Fsp3) is 0.300. The number of rotatable bonds is 5. The summed E-state index contributed by atoms with van der Waals surface area (Å²) in [6, 6.07) is 12.9. The Morgan fingerprint density at radius 3 is 2.78 bits per heavy atom. The smallest absolute Gasteiger partial charge is 0.349 e. The predicted molar refractivity (Wildman–Crippen MR) is 104 cm³/mol. The Labute approximate surface area is 160 Å². The number of fused-ring (bicyclic) bond motifs is 1. The summed E-state index contributed by atoms with van der Waals surface area (Å²) in [7, 11) is 0. The first kappa shape index (κ1) is 17.9. The zero-order chi connectivity index (χ0) is 18.6. The Morgan fingerprint density at radius 2 is 2.00 bits per heavy atom. The van der Waals surface area contributed by atoms with Gasteiger partial charge in [0.1, 0.15) is 11.1 Å².